The fraction of sp³-hybridized carbons (Fsp3) is 0.0833. The van der Waals surface area contributed by atoms with Crippen molar-refractivity contribution in [1.29, 1.82) is 0 Å². The predicted molar refractivity (Wildman–Crippen MR) is 115 cm³/mol. The van der Waals surface area contributed by atoms with Gasteiger partial charge in [-0.2, -0.15) is 0 Å². The summed E-state index contributed by atoms with van der Waals surface area (Å²) in [5, 5.41) is 4.56. The van der Waals surface area contributed by atoms with Crippen molar-refractivity contribution >= 4 is 29.2 Å². The summed E-state index contributed by atoms with van der Waals surface area (Å²) in [6, 6.07) is 17.5. The van der Waals surface area contributed by atoms with Gasteiger partial charge in [0.25, 0.3) is 5.91 Å². The molecule has 0 bridgehead atoms. The van der Waals surface area contributed by atoms with Crippen molar-refractivity contribution in [2.75, 3.05) is 19.0 Å². The normalized spacial score (nSPS) is 11.1. The molecule has 0 aliphatic carbocycles. The summed E-state index contributed by atoms with van der Waals surface area (Å²) in [5.41, 5.74) is 0.984. The van der Waals surface area contributed by atoms with Crippen molar-refractivity contribution in [3.63, 3.8) is 0 Å². The van der Waals surface area contributed by atoms with E-state index < -0.39 is 41.5 Å². The molecule has 5 nitrogen and oxygen atoms in total. The molecular formula is C24H19F3N2O3. The number of para-hydroxylation sites is 1. The van der Waals surface area contributed by atoms with Crippen LogP contribution in [0.5, 0.6) is 5.75 Å². The average molecular weight is 440 g/mol. The van der Waals surface area contributed by atoms with Crippen molar-refractivity contribution < 1.29 is 27.5 Å². The molecule has 0 saturated carbocycles. The van der Waals surface area contributed by atoms with E-state index in [4.69, 9.17) is 4.74 Å². The Morgan fingerprint density at radius 3 is 2.31 bits per heavy atom. The molecular weight excluding hydrogens is 421 g/mol. The number of ether oxygens (including phenoxy) is 1. The number of nitrogens with one attached hydrogen (secondary N) is 2. The van der Waals surface area contributed by atoms with Gasteiger partial charge in [0.2, 0.25) is 5.91 Å². The van der Waals surface area contributed by atoms with Crippen LogP contribution in [0.15, 0.2) is 66.7 Å². The highest BCUT2D eigenvalue weighted by Crippen LogP contribution is 2.25. The molecule has 0 aliphatic heterocycles. The molecule has 3 aromatic rings. The molecule has 2 amide bonds. The molecule has 8 heteroatoms. The summed E-state index contributed by atoms with van der Waals surface area (Å²) in [6.07, 6.45) is 1.62. The van der Waals surface area contributed by atoms with Crippen molar-refractivity contribution in [2.24, 2.45) is 0 Å². The van der Waals surface area contributed by atoms with Gasteiger partial charge in [-0.15, -0.1) is 0 Å². The molecule has 164 valence electrons. The van der Waals surface area contributed by atoms with Gasteiger partial charge >= 0.3 is 0 Å². The summed E-state index contributed by atoms with van der Waals surface area (Å²) in [7, 11) is 1.51. The number of methoxy groups -OCH3 is 1. The highest BCUT2D eigenvalue weighted by Gasteiger charge is 2.17. The maximum absolute atomic E-state index is 13.7. The lowest BCUT2D eigenvalue weighted by molar-refractivity contribution is -0.120. The third-order valence-electron chi connectivity index (χ3n) is 4.49. The van der Waals surface area contributed by atoms with Gasteiger partial charge in [0.15, 0.2) is 17.5 Å². The second-order valence-corrected chi connectivity index (χ2v) is 6.62. The Balaban J connectivity index is 1.78. The summed E-state index contributed by atoms with van der Waals surface area (Å²) >= 11 is 0. The number of rotatable bonds is 7. The molecule has 0 atom stereocenters. The van der Waals surface area contributed by atoms with Crippen LogP contribution in [0.3, 0.4) is 0 Å². The number of benzene rings is 3. The zero-order valence-corrected chi connectivity index (χ0v) is 17.0. The first-order valence-electron chi connectivity index (χ1n) is 9.52. The topological polar surface area (TPSA) is 67.4 Å². The van der Waals surface area contributed by atoms with Crippen molar-refractivity contribution in [2.45, 2.75) is 0 Å². The molecule has 3 rings (SSSR count). The summed E-state index contributed by atoms with van der Waals surface area (Å²) < 4.78 is 45.4. The first-order valence-corrected chi connectivity index (χ1v) is 9.52. The zero-order valence-electron chi connectivity index (χ0n) is 17.0. The van der Waals surface area contributed by atoms with E-state index in [9.17, 15) is 22.8 Å². The predicted octanol–water partition coefficient (Wildman–Crippen LogP) is 4.41. The lowest BCUT2D eigenvalue weighted by atomic mass is 10.0. The molecule has 0 aromatic heterocycles. The standard InChI is InChI=1S/C24H19F3N2O3/c1-32-20-10-6-5-9-16(20)13-17(15-7-3-2-4-8-15)24(31)28-14-21(30)29-19-12-11-18(25)22(26)23(19)27/h2-13H,14H2,1H3,(H,28,31)(H,29,30)/b17-13+. The summed E-state index contributed by atoms with van der Waals surface area (Å²) in [5.74, 6) is -5.41. The highest BCUT2D eigenvalue weighted by atomic mass is 19.2. The van der Waals surface area contributed by atoms with Gasteiger partial charge in [-0.05, 0) is 29.8 Å². The highest BCUT2D eigenvalue weighted by molar-refractivity contribution is 6.24. The van der Waals surface area contributed by atoms with Crippen LogP contribution in [0.25, 0.3) is 11.6 Å². The van der Waals surface area contributed by atoms with Crippen LogP contribution >= 0.6 is 0 Å². The number of halogens is 3. The second-order valence-electron chi connectivity index (χ2n) is 6.62. The van der Waals surface area contributed by atoms with Crippen LogP contribution in [0.1, 0.15) is 11.1 Å². The molecule has 0 unspecified atom stereocenters. The summed E-state index contributed by atoms with van der Waals surface area (Å²) in [6.45, 7) is -0.520. The molecule has 3 aromatic carbocycles. The number of hydrogen-bond donors (Lipinski definition) is 2. The fourth-order valence-corrected chi connectivity index (χ4v) is 2.91. The van der Waals surface area contributed by atoms with Crippen molar-refractivity contribution in [3.8, 4) is 5.75 Å². The first kappa shape index (κ1) is 22.6. The Bertz CT molecular complexity index is 1160. The van der Waals surface area contributed by atoms with Crippen LogP contribution in [-0.2, 0) is 9.59 Å². The molecule has 2 N–H and O–H groups in total. The number of carbonyl (C=O) groups excluding carboxylic acids is 2. The van der Waals surface area contributed by atoms with E-state index in [1.54, 1.807) is 60.7 Å². The molecule has 0 fully saturated rings. The van der Waals surface area contributed by atoms with Crippen LogP contribution in [0.2, 0.25) is 0 Å². The number of hydrogen-bond acceptors (Lipinski definition) is 3. The van der Waals surface area contributed by atoms with E-state index in [0.29, 0.717) is 22.9 Å². The van der Waals surface area contributed by atoms with Gasteiger partial charge in [0.1, 0.15) is 5.75 Å². The summed E-state index contributed by atoms with van der Waals surface area (Å²) in [4.78, 5) is 25.0. The lowest BCUT2D eigenvalue weighted by Crippen LogP contribution is -2.33. The Labute approximate surface area is 182 Å². The van der Waals surface area contributed by atoms with Gasteiger partial charge in [0.05, 0.1) is 19.3 Å². The Morgan fingerprint density at radius 2 is 1.59 bits per heavy atom. The van der Waals surface area contributed by atoms with E-state index in [1.807, 2.05) is 0 Å². The second kappa shape index (κ2) is 10.3. The SMILES string of the molecule is COc1ccccc1/C=C(/C(=O)NCC(=O)Nc1ccc(F)c(F)c1F)c1ccccc1. The van der Waals surface area contributed by atoms with Gasteiger partial charge in [-0.25, -0.2) is 13.2 Å². The smallest absolute Gasteiger partial charge is 0.252 e. The van der Waals surface area contributed by atoms with Crippen LogP contribution < -0.4 is 15.4 Å². The molecule has 0 aliphatic rings. The third kappa shape index (κ3) is 5.34. The average Bonchev–Trinajstić information content (AvgIpc) is 2.82. The van der Waals surface area contributed by atoms with E-state index in [2.05, 4.69) is 10.6 Å². The minimum atomic E-state index is -1.70. The van der Waals surface area contributed by atoms with Gasteiger partial charge < -0.3 is 15.4 Å². The van der Waals surface area contributed by atoms with E-state index in [1.165, 1.54) is 7.11 Å². The number of amides is 2. The monoisotopic (exact) mass is 440 g/mol. The molecule has 0 radical (unpaired) electrons. The Hall–Kier alpha value is -4.07. The maximum atomic E-state index is 13.7. The minimum absolute atomic E-state index is 0.266. The van der Waals surface area contributed by atoms with E-state index in [0.717, 1.165) is 6.07 Å². The number of anilines is 1. The fourth-order valence-electron chi connectivity index (χ4n) is 2.91. The molecule has 0 heterocycles. The van der Waals surface area contributed by atoms with Gasteiger partial charge in [-0.1, -0.05) is 48.5 Å². The molecule has 0 spiro atoms. The van der Waals surface area contributed by atoms with Gasteiger partial charge in [-0.3, -0.25) is 9.59 Å². The lowest BCUT2D eigenvalue weighted by Gasteiger charge is -2.12. The van der Waals surface area contributed by atoms with Crippen molar-refractivity contribution in [3.05, 3.63) is 95.3 Å². The Morgan fingerprint density at radius 1 is 0.906 bits per heavy atom. The van der Waals surface area contributed by atoms with E-state index in [-0.39, 0.29) is 5.57 Å². The number of carbonyl (C=O) groups is 2. The Kier molecular flexibility index (Phi) is 7.28. The quantitative estimate of drug-likeness (QED) is 0.325. The van der Waals surface area contributed by atoms with E-state index >= 15 is 0 Å². The largest absolute Gasteiger partial charge is 0.496 e. The third-order valence-corrected chi connectivity index (χ3v) is 4.49. The molecule has 32 heavy (non-hydrogen) atoms. The first-order chi connectivity index (χ1) is 15.4. The minimum Gasteiger partial charge on any atom is -0.496 e. The maximum Gasteiger partial charge on any atom is 0.252 e. The van der Waals surface area contributed by atoms with Crippen molar-refractivity contribution in [1.82, 2.24) is 5.32 Å². The van der Waals surface area contributed by atoms with Crippen LogP contribution in [0, 0.1) is 17.5 Å². The zero-order chi connectivity index (χ0) is 23.1. The van der Waals surface area contributed by atoms with Crippen LogP contribution in [-0.4, -0.2) is 25.5 Å². The molecule has 0 saturated heterocycles. The van der Waals surface area contributed by atoms with Gasteiger partial charge in [0, 0.05) is 11.1 Å². The van der Waals surface area contributed by atoms with Crippen LogP contribution in [0.4, 0.5) is 18.9 Å².